The standard InChI is InChI=1S/C20H32N2O4S/c1-15(2)27(24,25)21-14-7-6-13-20(23)22-18-11-8-12-19(16(18)3)26-17-9-4-5-10-17/h8,11-12,15,17,21H,4-7,9-10,13-14H2,1-3H3,(H,22,23). The van der Waals surface area contributed by atoms with Gasteiger partial charge in [0.25, 0.3) is 0 Å². The number of amides is 1. The number of carbonyl (C=O) groups excluding carboxylic acids is 1. The van der Waals surface area contributed by atoms with E-state index in [0.29, 0.717) is 25.8 Å². The fraction of sp³-hybridized carbons (Fsp3) is 0.650. The molecule has 0 radical (unpaired) electrons. The van der Waals surface area contributed by atoms with E-state index < -0.39 is 15.3 Å². The molecular weight excluding hydrogens is 364 g/mol. The first-order valence-electron chi connectivity index (χ1n) is 9.84. The van der Waals surface area contributed by atoms with E-state index in [9.17, 15) is 13.2 Å². The highest BCUT2D eigenvalue weighted by Gasteiger charge is 2.18. The van der Waals surface area contributed by atoms with Gasteiger partial charge in [-0.05, 0) is 71.4 Å². The van der Waals surface area contributed by atoms with Gasteiger partial charge in [0.2, 0.25) is 15.9 Å². The number of carbonyl (C=O) groups is 1. The number of sulfonamides is 1. The summed E-state index contributed by atoms with van der Waals surface area (Å²) >= 11 is 0. The molecule has 0 spiro atoms. The Bertz CT molecular complexity index is 725. The quantitative estimate of drug-likeness (QED) is 0.590. The lowest BCUT2D eigenvalue weighted by Gasteiger charge is -2.17. The molecule has 1 aliphatic rings. The van der Waals surface area contributed by atoms with E-state index in [-0.39, 0.29) is 12.0 Å². The molecule has 2 N–H and O–H groups in total. The molecule has 0 heterocycles. The van der Waals surface area contributed by atoms with Crippen molar-refractivity contribution in [2.24, 2.45) is 0 Å². The summed E-state index contributed by atoms with van der Waals surface area (Å²) < 4.78 is 32.0. The smallest absolute Gasteiger partial charge is 0.224 e. The number of unbranched alkanes of at least 4 members (excludes halogenated alkanes) is 1. The van der Waals surface area contributed by atoms with Crippen molar-refractivity contribution in [3.05, 3.63) is 23.8 Å². The van der Waals surface area contributed by atoms with Crippen LogP contribution in [0.3, 0.4) is 0 Å². The van der Waals surface area contributed by atoms with E-state index in [4.69, 9.17) is 4.74 Å². The maximum absolute atomic E-state index is 12.2. The predicted octanol–water partition coefficient (Wildman–Crippen LogP) is 3.75. The molecule has 152 valence electrons. The second kappa shape index (κ2) is 10.1. The Morgan fingerprint density at radius 3 is 2.59 bits per heavy atom. The number of nitrogens with one attached hydrogen (secondary N) is 2. The van der Waals surface area contributed by atoms with Crippen molar-refractivity contribution in [2.45, 2.75) is 77.1 Å². The van der Waals surface area contributed by atoms with Crippen molar-refractivity contribution >= 4 is 21.6 Å². The molecular formula is C20H32N2O4S. The molecule has 0 saturated heterocycles. The predicted molar refractivity (Wildman–Crippen MR) is 109 cm³/mol. The molecule has 0 aliphatic heterocycles. The number of rotatable bonds is 10. The van der Waals surface area contributed by atoms with Crippen LogP contribution in [0.25, 0.3) is 0 Å². The number of anilines is 1. The third-order valence-electron chi connectivity index (χ3n) is 4.91. The maximum atomic E-state index is 12.2. The summed E-state index contributed by atoms with van der Waals surface area (Å²) in [5, 5.41) is 2.50. The lowest BCUT2D eigenvalue weighted by atomic mass is 10.1. The fourth-order valence-corrected chi connectivity index (χ4v) is 3.83. The van der Waals surface area contributed by atoms with Gasteiger partial charge in [-0.25, -0.2) is 13.1 Å². The van der Waals surface area contributed by atoms with Crippen molar-refractivity contribution < 1.29 is 17.9 Å². The molecule has 1 aliphatic carbocycles. The zero-order valence-corrected chi connectivity index (χ0v) is 17.4. The third-order valence-corrected chi connectivity index (χ3v) is 6.76. The molecule has 6 nitrogen and oxygen atoms in total. The van der Waals surface area contributed by atoms with Gasteiger partial charge in [-0.2, -0.15) is 0 Å². The Labute approximate surface area is 163 Å². The first-order chi connectivity index (χ1) is 12.8. The monoisotopic (exact) mass is 396 g/mol. The summed E-state index contributed by atoms with van der Waals surface area (Å²) in [5.41, 5.74) is 1.72. The van der Waals surface area contributed by atoms with Crippen molar-refractivity contribution in [3.8, 4) is 5.75 Å². The van der Waals surface area contributed by atoms with Gasteiger partial charge in [-0.1, -0.05) is 6.07 Å². The molecule has 27 heavy (non-hydrogen) atoms. The Morgan fingerprint density at radius 2 is 1.93 bits per heavy atom. The van der Waals surface area contributed by atoms with Crippen LogP contribution in [0.2, 0.25) is 0 Å². The Balaban J connectivity index is 1.77. The first-order valence-corrected chi connectivity index (χ1v) is 11.4. The van der Waals surface area contributed by atoms with Crippen LogP contribution < -0.4 is 14.8 Å². The molecule has 0 aromatic heterocycles. The SMILES string of the molecule is Cc1c(NC(=O)CCCCNS(=O)(=O)C(C)C)cccc1OC1CCCC1. The lowest BCUT2D eigenvalue weighted by molar-refractivity contribution is -0.116. The first kappa shape index (κ1) is 21.7. The number of hydrogen-bond acceptors (Lipinski definition) is 4. The van der Waals surface area contributed by atoms with Crippen LogP contribution in [0.5, 0.6) is 5.75 Å². The highest BCUT2D eigenvalue weighted by molar-refractivity contribution is 7.90. The zero-order chi connectivity index (χ0) is 19.9. The summed E-state index contributed by atoms with van der Waals surface area (Å²) in [6.45, 7) is 5.60. The second-order valence-corrected chi connectivity index (χ2v) is 9.77. The zero-order valence-electron chi connectivity index (χ0n) is 16.6. The summed E-state index contributed by atoms with van der Waals surface area (Å²) in [7, 11) is -3.23. The van der Waals surface area contributed by atoms with Crippen LogP contribution in [0, 0.1) is 6.92 Å². The summed E-state index contributed by atoms with van der Waals surface area (Å²) in [4.78, 5) is 12.2. The molecule has 1 saturated carbocycles. The van der Waals surface area contributed by atoms with Crippen molar-refractivity contribution in [1.29, 1.82) is 0 Å². The summed E-state index contributed by atoms with van der Waals surface area (Å²) in [5.74, 6) is 0.769. The molecule has 0 unspecified atom stereocenters. The molecule has 0 bridgehead atoms. The van der Waals surface area contributed by atoms with Gasteiger partial charge in [-0.15, -0.1) is 0 Å². The number of ether oxygens (including phenoxy) is 1. The van der Waals surface area contributed by atoms with Gasteiger partial charge in [0.05, 0.1) is 11.4 Å². The van der Waals surface area contributed by atoms with E-state index >= 15 is 0 Å². The highest BCUT2D eigenvalue weighted by atomic mass is 32.2. The summed E-state index contributed by atoms with van der Waals surface area (Å²) in [6, 6.07) is 5.73. The van der Waals surface area contributed by atoms with Gasteiger partial charge in [0.1, 0.15) is 5.75 Å². The summed E-state index contributed by atoms with van der Waals surface area (Å²) in [6.07, 6.45) is 6.52. The Hall–Kier alpha value is -1.60. The molecule has 7 heteroatoms. The Kier molecular flexibility index (Phi) is 8.10. The van der Waals surface area contributed by atoms with Gasteiger partial charge >= 0.3 is 0 Å². The van der Waals surface area contributed by atoms with E-state index in [1.165, 1.54) is 12.8 Å². The molecule has 1 amide bonds. The fourth-order valence-electron chi connectivity index (χ4n) is 3.07. The van der Waals surface area contributed by atoms with Gasteiger partial charge in [-0.3, -0.25) is 4.79 Å². The van der Waals surface area contributed by atoms with E-state index in [1.54, 1.807) is 13.8 Å². The van der Waals surface area contributed by atoms with E-state index in [0.717, 1.165) is 29.8 Å². The minimum Gasteiger partial charge on any atom is -0.490 e. The third kappa shape index (κ3) is 6.81. The van der Waals surface area contributed by atoms with Crippen LogP contribution in [-0.4, -0.2) is 32.2 Å². The van der Waals surface area contributed by atoms with Crippen molar-refractivity contribution in [3.63, 3.8) is 0 Å². The number of hydrogen-bond donors (Lipinski definition) is 2. The molecule has 2 rings (SSSR count). The van der Waals surface area contributed by atoms with Crippen LogP contribution in [0.1, 0.15) is 64.4 Å². The van der Waals surface area contributed by atoms with Gasteiger partial charge in [0.15, 0.2) is 0 Å². The van der Waals surface area contributed by atoms with Crippen LogP contribution in [0.15, 0.2) is 18.2 Å². The topological polar surface area (TPSA) is 84.5 Å². The largest absolute Gasteiger partial charge is 0.490 e. The highest BCUT2D eigenvalue weighted by Crippen LogP contribution is 2.30. The lowest BCUT2D eigenvalue weighted by Crippen LogP contribution is -2.31. The molecule has 1 aromatic rings. The van der Waals surface area contributed by atoms with Crippen LogP contribution >= 0.6 is 0 Å². The minimum absolute atomic E-state index is 0.0668. The average molecular weight is 397 g/mol. The van der Waals surface area contributed by atoms with E-state index in [1.807, 2.05) is 25.1 Å². The minimum atomic E-state index is -3.23. The van der Waals surface area contributed by atoms with Gasteiger partial charge < -0.3 is 10.1 Å². The van der Waals surface area contributed by atoms with Crippen molar-refractivity contribution in [1.82, 2.24) is 4.72 Å². The Morgan fingerprint density at radius 1 is 1.22 bits per heavy atom. The average Bonchev–Trinajstić information content (AvgIpc) is 3.11. The second-order valence-electron chi connectivity index (χ2n) is 7.45. The maximum Gasteiger partial charge on any atom is 0.224 e. The number of benzene rings is 1. The van der Waals surface area contributed by atoms with Crippen LogP contribution in [0.4, 0.5) is 5.69 Å². The van der Waals surface area contributed by atoms with Crippen molar-refractivity contribution in [2.75, 3.05) is 11.9 Å². The normalized spacial score (nSPS) is 15.3. The van der Waals surface area contributed by atoms with E-state index in [2.05, 4.69) is 10.0 Å². The molecule has 1 fully saturated rings. The molecule has 1 aromatic carbocycles. The molecule has 0 atom stereocenters. The van der Waals surface area contributed by atoms with Gasteiger partial charge in [0, 0.05) is 24.2 Å². The van der Waals surface area contributed by atoms with Crippen LogP contribution in [-0.2, 0) is 14.8 Å².